The summed E-state index contributed by atoms with van der Waals surface area (Å²) in [6, 6.07) is 6.12. The Hall–Kier alpha value is -1.26. The van der Waals surface area contributed by atoms with Gasteiger partial charge in [0, 0.05) is 25.2 Å². The second kappa shape index (κ2) is 4.44. The van der Waals surface area contributed by atoms with Gasteiger partial charge in [-0.3, -0.25) is 4.79 Å². The van der Waals surface area contributed by atoms with Crippen LogP contribution in [0.1, 0.15) is 30.7 Å². The van der Waals surface area contributed by atoms with E-state index in [0.717, 1.165) is 5.56 Å². The van der Waals surface area contributed by atoms with Gasteiger partial charge in [0.15, 0.2) is 5.79 Å². The highest BCUT2D eigenvalue weighted by Crippen LogP contribution is 2.41. The number of hydrogen-bond acceptors (Lipinski definition) is 3. The zero-order valence-electron chi connectivity index (χ0n) is 10.0. The molecule has 1 saturated carbocycles. The molecule has 3 rings (SSSR count). The Labute approximate surface area is 105 Å². The predicted molar refractivity (Wildman–Crippen MR) is 62.6 cm³/mol. The Kier molecular flexibility index (Phi) is 2.92. The molecule has 1 aromatic carbocycles. The number of ketones is 1. The molecule has 18 heavy (non-hydrogen) atoms. The van der Waals surface area contributed by atoms with Crippen molar-refractivity contribution in [3.05, 3.63) is 35.6 Å². The topological polar surface area (TPSA) is 35.5 Å². The van der Waals surface area contributed by atoms with Gasteiger partial charge in [0.05, 0.1) is 13.2 Å². The minimum atomic E-state index is -0.590. The maximum Gasteiger partial charge on any atom is 0.169 e. The maximum absolute atomic E-state index is 12.9. The summed E-state index contributed by atoms with van der Waals surface area (Å²) in [5.41, 5.74) is 0.847. The van der Waals surface area contributed by atoms with Crippen LogP contribution in [-0.2, 0) is 14.3 Å². The first-order valence-electron chi connectivity index (χ1n) is 6.25. The molecule has 3 nitrogen and oxygen atoms in total. The van der Waals surface area contributed by atoms with Crippen molar-refractivity contribution in [2.75, 3.05) is 13.2 Å². The van der Waals surface area contributed by atoms with Gasteiger partial charge in [0.25, 0.3) is 0 Å². The zero-order valence-corrected chi connectivity index (χ0v) is 10.0. The molecule has 96 valence electrons. The molecule has 1 aliphatic heterocycles. The molecule has 2 fully saturated rings. The largest absolute Gasteiger partial charge is 0.347 e. The number of carbonyl (C=O) groups excluding carboxylic acids is 1. The average molecular weight is 250 g/mol. The highest BCUT2D eigenvalue weighted by atomic mass is 19.1. The summed E-state index contributed by atoms with van der Waals surface area (Å²) in [6.07, 6.45) is 1.63. The first kappa shape index (κ1) is 11.8. The van der Waals surface area contributed by atoms with Crippen molar-refractivity contribution >= 4 is 5.78 Å². The number of carbonyl (C=O) groups is 1. The molecular weight excluding hydrogens is 235 g/mol. The van der Waals surface area contributed by atoms with Crippen LogP contribution in [0.25, 0.3) is 0 Å². The van der Waals surface area contributed by atoms with E-state index in [2.05, 4.69) is 0 Å². The Morgan fingerprint density at radius 3 is 2.50 bits per heavy atom. The predicted octanol–water partition coefficient (Wildman–Crippen LogP) is 2.41. The molecule has 0 radical (unpaired) electrons. The molecule has 4 heteroatoms. The number of Topliss-reactive ketones (excluding diaryl/α,β-unsaturated/α-hetero) is 1. The van der Waals surface area contributed by atoms with Crippen LogP contribution in [0.2, 0.25) is 0 Å². The molecule has 2 aliphatic rings. The van der Waals surface area contributed by atoms with Crippen molar-refractivity contribution in [2.45, 2.75) is 31.0 Å². The Bertz CT molecular complexity index is 449. The SMILES string of the molecule is O=C1CCC2(C[C@H]1c1ccc(F)cc1)OCCO2. The molecular formula is C14H15FO3. The summed E-state index contributed by atoms with van der Waals surface area (Å²) < 4.78 is 24.2. The van der Waals surface area contributed by atoms with Gasteiger partial charge in [-0.2, -0.15) is 0 Å². The van der Waals surface area contributed by atoms with E-state index < -0.39 is 5.79 Å². The van der Waals surface area contributed by atoms with E-state index in [9.17, 15) is 9.18 Å². The van der Waals surface area contributed by atoms with Crippen LogP contribution in [0.3, 0.4) is 0 Å². The molecule has 0 amide bonds. The number of rotatable bonds is 1. The van der Waals surface area contributed by atoms with E-state index in [1.807, 2.05) is 0 Å². The summed E-state index contributed by atoms with van der Waals surface area (Å²) in [6.45, 7) is 1.18. The van der Waals surface area contributed by atoms with Crippen LogP contribution in [-0.4, -0.2) is 24.8 Å². The third-order valence-corrected chi connectivity index (χ3v) is 3.74. The zero-order chi connectivity index (χ0) is 12.6. The number of benzene rings is 1. The van der Waals surface area contributed by atoms with Crippen molar-refractivity contribution in [1.29, 1.82) is 0 Å². The molecule has 1 aliphatic carbocycles. The van der Waals surface area contributed by atoms with Gasteiger partial charge in [0.2, 0.25) is 0 Å². The highest BCUT2D eigenvalue weighted by Gasteiger charge is 2.45. The monoisotopic (exact) mass is 250 g/mol. The summed E-state index contributed by atoms with van der Waals surface area (Å²) in [5, 5.41) is 0. The van der Waals surface area contributed by atoms with E-state index in [1.165, 1.54) is 12.1 Å². The van der Waals surface area contributed by atoms with Crippen LogP contribution in [0.4, 0.5) is 4.39 Å². The third-order valence-electron chi connectivity index (χ3n) is 3.74. The summed E-state index contributed by atoms with van der Waals surface area (Å²) in [5.74, 6) is -0.929. The minimum Gasteiger partial charge on any atom is -0.347 e. The lowest BCUT2D eigenvalue weighted by atomic mass is 9.79. The normalized spacial score (nSPS) is 26.7. The standard InChI is InChI=1S/C14H15FO3/c15-11-3-1-10(2-4-11)12-9-14(6-5-13(12)16)17-7-8-18-14/h1-4,12H,5-9H2/t12-/m0/s1. The second-order valence-electron chi connectivity index (χ2n) is 4.88. The van der Waals surface area contributed by atoms with Gasteiger partial charge in [-0.15, -0.1) is 0 Å². The van der Waals surface area contributed by atoms with E-state index in [-0.39, 0.29) is 17.5 Å². The summed E-state index contributed by atoms with van der Waals surface area (Å²) >= 11 is 0. The van der Waals surface area contributed by atoms with Crippen LogP contribution in [0.5, 0.6) is 0 Å². The van der Waals surface area contributed by atoms with Crippen molar-refractivity contribution in [3.63, 3.8) is 0 Å². The molecule has 0 N–H and O–H groups in total. The Morgan fingerprint density at radius 2 is 1.83 bits per heavy atom. The molecule has 1 saturated heterocycles. The molecule has 0 aromatic heterocycles. The highest BCUT2D eigenvalue weighted by molar-refractivity contribution is 5.86. The fourth-order valence-corrected chi connectivity index (χ4v) is 2.77. The fourth-order valence-electron chi connectivity index (χ4n) is 2.77. The van der Waals surface area contributed by atoms with Gasteiger partial charge in [0.1, 0.15) is 11.6 Å². The lowest BCUT2D eigenvalue weighted by molar-refractivity contribution is -0.183. The van der Waals surface area contributed by atoms with Crippen molar-refractivity contribution in [1.82, 2.24) is 0 Å². The number of halogens is 1. The maximum atomic E-state index is 12.9. The van der Waals surface area contributed by atoms with Gasteiger partial charge in [-0.1, -0.05) is 12.1 Å². The number of ether oxygens (including phenoxy) is 2. The molecule has 0 unspecified atom stereocenters. The molecule has 1 aromatic rings. The first-order chi connectivity index (χ1) is 8.69. The lowest BCUT2D eigenvalue weighted by Gasteiger charge is -2.35. The summed E-state index contributed by atoms with van der Waals surface area (Å²) in [4.78, 5) is 12.0. The first-order valence-corrected chi connectivity index (χ1v) is 6.25. The van der Waals surface area contributed by atoms with E-state index >= 15 is 0 Å². The summed E-state index contributed by atoms with van der Waals surface area (Å²) in [7, 11) is 0. The van der Waals surface area contributed by atoms with Crippen molar-refractivity contribution in [2.24, 2.45) is 0 Å². The molecule has 0 bridgehead atoms. The Morgan fingerprint density at radius 1 is 1.17 bits per heavy atom. The van der Waals surface area contributed by atoms with Gasteiger partial charge in [-0.05, 0) is 17.7 Å². The quantitative estimate of drug-likeness (QED) is 0.767. The van der Waals surface area contributed by atoms with Gasteiger partial charge >= 0.3 is 0 Å². The van der Waals surface area contributed by atoms with Crippen LogP contribution < -0.4 is 0 Å². The second-order valence-corrected chi connectivity index (χ2v) is 4.88. The minimum absolute atomic E-state index is 0.186. The van der Waals surface area contributed by atoms with E-state index in [1.54, 1.807) is 12.1 Å². The number of hydrogen-bond donors (Lipinski definition) is 0. The third kappa shape index (κ3) is 2.06. The average Bonchev–Trinajstić information content (AvgIpc) is 2.82. The molecule has 1 spiro atoms. The molecule has 1 heterocycles. The fraction of sp³-hybridized carbons (Fsp3) is 0.500. The van der Waals surface area contributed by atoms with E-state index in [0.29, 0.717) is 32.5 Å². The van der Waals surface area contributed by atoms with Crippen LogP contribution in [0.15, 0.2) is 24.3 Å². The van der Waals surface area contributed by atoms with Gasteiger partial charge < -0.3 is 9.47 Å². The molecule has 1 atom stereocenters. The Balaban J connectivity index is 1.85. The lowest BCUT2D eigenvalue weighted by Crippen LogP contribution is -2.39. The van der Waals surface area contributed by atoms with E-state index in [4.69, 9.17) is 9.47 Å². The van der Waals surface area contributed by atoms with Crippen LogP contribution in [0, 0.1) is 5.82 Å². The van der Waals surface area contributed by atoms with Crippen LogP contribution >= 0.6 is 0 Å². The smallest absolute Gasteiger partial charge is 0.169 e. The van der Waals surface area contributed by atoms with Gasteiger partial charge in [-0.25, -0.2) is 4.39 Å². The van der Waals surface area contributed by atoms with Crippen molar-refractivity contribution < 1.29 is 18.7 Å². The van der Waals surface area contributed by atoms with Crippen molar-refractivity contribution in [3.8, 4) is 0 Å².